The zero-order valence-corrected chi connectivity index (χ0v) is 7.73. The Kier molecular flexibility index (Phi) is 1.88. The fourth-order valence-electron chi connectivity index (χ4n) is 1.25. The maximum Gasteiger partial charge on any atom is 0.154 e. The molecule has 0 saturated carbocycles. The number of anilines is 1. The molecule has 0 aromatic carbocycles. The SMILES string of the molecule is CC(C)Nc1ncnn2cccc12. The molecule has 2 aromatic rings. The lowest BCUT2D eigenvalue weighted by atomic mass is 10.4. The van der Waals surface area contributed by atoms with Gasteiger partial charge in [-0.3, -0.25) is 0 Å². The van der Waals surface area contributed by atoms with Crippen molar-refractivity contribution in [1.82, 2.24) is 14.6 Å². The monoisotopic (exact) mass is 176 g/mol. The second-order valence-corrected chi connectivity index (χ2v) is 3.25. The summed E-state index contributed by atoms with van der Waals surface area (Å²) in [5, 5.41) is 7.34. The number of nitrogens with one attached hydrogen (secondary N) is 1. The Hall–Kier alpha value is -1.58. The summed E-state index contributed by atoms with van der Waals surface area (Å²) in [4.78, 5) is 4.18. The van der Waals surface area contributed by atoms with Gasteiger partial charge < -0.3 is 5.32 Å². The molecular weight excluding hydrogens is 164 g/mol. The third-order valence-corrected chi connectivity index (χ3v) is 1.76. The van der Waals surface area contributed by atoms with Crippen LogP contribution in [0.25, 0.3) is 5.52 Å². The Morgan fingerprint density at radius 3 is 3.08 bits per heavy atom. The van der Waals surface area contributed by atoms with Crippen molar-refractivity contribution in [1.29, 1.82) is 0 Å². The van der Waals surface area contributed by atoms with Crippen molar-refractivity contribution >= 4 is 11.3 Å². The minimum absolute atomic E-state index is 0.383. The van der Waals surface area contributed by atoms with E-state index in [0.717, 1.165) is 11.3 Å². The summed E-state index contributed by atoms with van der Waals surface area (Å²) in [6.45, 7) is 4.17. The van der Waals surface area contributed by atoms with E-state index in [1.165, 1.54) is 0 Å². The predicted octanol–water partition coefficient (Wildman–Crippen LogP) is 1.55. The fraction of sp³-hybridized carbons (Fsp3) is 0.333. The molecule has 0 spiro atoms. The van der Waals surface area contributed by atoms with Crippen LogP contribution in [0.2, 0.25) is 0 Å². The van der Waals surface area contributed by atoms with Gasteiger partial charge in [0.25, 0.3) is 0 Å². The number of rotatable bonds is 2. The van der Waals surface area contributed by atoms with Crippen LogP contribution in [0.1, 0.15) is 13.8 Å². The van der Waals surface area contributed by atoms with E-state index in [-0.39, 0.29) is 0 Å². The lowest BCUT2D eigenvalue weighted by Gasteiger charge is -2.09. The first-order valence-corrected chi connectivity index (χ1v) is 4.32. The lowest BCUT2D eigenvalue weighted by Crippen LogP contribution is -2.12. The standard InChI is InChI=1S/C9H12N4/c1-7(2)12-9-8-4-3-5-13(8)11-6-10-9/h3-7H,1-2H3,(H,10,11,12). The van der Waals surface area contributed by atoms with Gasteiger partial charge in [0.1, 0.15) is 11.8 Å². The van der Waals surface area contributed by atoms with Crippen LogP contribution in [0.15, 0.2) is 24.7 Å². The van der Waals surface area contributed by atoms with E-state index in [1.807, 2.05) is 18.3 Å². The van der Waals surface area contributed by atoms with E-state index >= 15 is 0 Å². The van der Waals surface area contributed by atoms with Crippen molar-refractivity contribution in [3.8, 4) is 0 Å². The molecule has 0 aliphatic carbocycles. The molecule has 1 N–H and O–H groups in total. The van der Waals surface area contributed by atoms with Gasteiger partial charge in [0.05, 0.1) is 0 Å². The highest BCUT2D eigenvalue weighted by molar-refractivity contribution is 5.67. The van der Waals surface area contributed by atoms with E-state index in [4.69, 9.17) is 0 Å². The molecule has 13 heavy (non-hydrogen) atoms. The second kappa shape index (κ2) is 3.05. The number of aromatic nitrogens is 3. The molecule has 4 heteroatoms. The van der Waals surface area contributed by atoms with Gasteiger partial charge in [-0.2, -0.15) is 5.10 Å². The Labute approximate surface area is 76.6 Å². The van der Waals surface area contributed by atoms with Crippen LogP contribution in [0.3, 0.4) is 0 Å². The average Bonchev–Trinajstić information content (AvgIpc) is 2.51. The highest BCUT2D eigenvalue weighted by Crippen LogP contribution is 2.12. The van der Waals surface area contributed by atoms with Crippen LogP contribution in [0.4, 0.5) is 5.82 Å². The van der Waals surface area contributed by atoms with Crippen LogP contribution in [0, 0.1) is 0 Å². The van der Waals surface area contributed by atoms with Crippen LogP contribution >= 0.6 is 0 Å². The normalized spacial score (nSPS) is 11.0. The minimum atomic E-state index is 0.383. The van der Waals surface area contributed by atoms with E-state index in [2.05, 4.69) is 29.2 Å². The molecule has 0 radical (unpaired) electrons. The Morgan fingerprint density at radius 1 is 1.46 bits per heavy atom. The van der Waals surface area contributed by atoms with Gasteiger partial charge >= 0.3 is 0 Å². The van der Waals surface area contributed by atoms with Gasteiger partial charge in [0, 0.05) is 12.2 Å². The van der Waals surface area contributed by atoms with Crippen molar-refractivity contribution in [2.24, 2.45) is 0 Å². The van der Waals surface area contributed by atoms with E-state index in [0.29, 0.717) is 6.04 Å². The molecule has 0 amide bonds. The second-order valence-electron chi connectivity index (χ2n) is 3.25. The molecular formula is C9H12N4. The summed E-state index contributed by atoms with van der Waals surface area (Å²) in [7, 11) is 0. The molecule has 0 saturated heterocycles. The zero-order chi connectivity index (χ0) is 9.26. The Morgan fingerprint density at radius 2 is 2.31 bits per heavy atom. The molecule has 0 atom stereocenters. The molecule has 0 bridgehead atoms. The first-order valence-electron chi connectivity index (χ1n) is 4.32. The summed E-state index contributed by atoms with van der Waals surface area (Å²) >= 11 is 0. The summed E-state index contributed by atoms with van der Waals surface area (Å²) in [5.41, 5.74) is 1.01. The first-order chi connectivity index (χ1) is 6.27. The van der Waals surface area contributed by atoms with Gasteiger partial charge in [-0.15, -0.1) is 0 Å². The van der Waals surface area contributed by atoms with Gasteiger partial charge in [-0.25, -0.2) is 9.50 Å². The zero-order valence-electron chi connectivity index (χ0n) is 7.73. The highest BCUT2D eigenvalue weighted by atomic mass is 15.2. The van der Waals surface area contributed by atoms with Gasteiger partial charge in [0.15, 0.2) is 5.82 Å². The van der Waals surface area contributed by atoms with Crippen molar-refractivity contribution in [3.63, 3.8) is 0 Å². The van der Waals surface area contributed by atoms with Crippen LogP contribution in [0.5, 0.6) is 0 Å². The lowest BCUT2D eigenvalue weighted by molar-refractivity contribution is 0.860. The fourth-order valence-corrected chi connectivity index (χ4v) is 1.25. The third-order valence-electron chi connectivity index (χ3n) is 1.76. The van der Waals surface area contributed by atoms with Gasteiger partial charge in [-0.05, 0) is 26.0 Å². The minimum Gasteiger partial charge on any atom is -0.366 e. The maximum atomic E-state index is 4.18. The molecule has 0 fully saturated rings. The van der Waals surface area contributed by atoms with Gasteiger partial charge in [0.2, 0.25) is 0 Å². The average molecular weight is 176 g/mol. The molecule has 2 aromatic heterocycles. The molecule has 0 aliphatic rings. The van der Waals surface area contributed by atoms with Crippen molar-refractivity contribution in [3.05, 3.63) is 24.7 Å². The smallest absolute Gasteiger partial charge is 0.154 e. The summed E-state index contributed by atoms with van der Waals surface area (Å²) in [6, 6.07) is 4.33. The van der Waals surface area contributed by atoms with Gasteiger partial charge in [-0.1, -0.05) is 0 Å². The third kappa shape index (κ3) is 1.47. The quantitative estimate of drug-likeness (QED) is 0.754. The van der Waals surface area contributed by atoms with Crippen molar-refractivity contribution < 1.29 is 0 Å². The molecule has 2 rings (SSSR count). The number of hydrogen-bond acceptors (Lipinski definition) is 3. The van der Waals surface area contributed by atoms with E-state index in [9.17, 15) is 0 Å². The number of nitrogens with zero attached hydrogens (tertiary/aromatic N) is 3. The molecule has 68 valence electrons. The van der Waals surface area contributed by atoms with E-state index < -0.39 is 0 Å². The molecule has 0 unspecified atom stereocenters. The van der Waals surface area contributed by atoms with Crippen LogP contribution in [-0.2, 0) is 0 Å². The Balaban J connectivity index is 2.48. The Bertz CT molecular complexity index is 405. The van der Waals surface area contributed by atoms with Crippen molar-refractivity contribution in [2.45, 2.75) is 19.9 Å². The topological polar surface area (TPSA) is 42.2 Å². The first kappa shape index (κ1) is 8.04. The highest BCUT2D eigenvalue weighted by Gasteiger charge is 2.02. The number of hydrogen-bond donors (Lipinski definition) is 1. The maximum absolute atomic E-state index is 4.18. The molecule has 2 heterocycles. The van der Waals surface area contributed by atoms with Crippen LogP contribution < -0.4 is 5.32 Å². The molecule has 4 nitrogen and oxygen atoms in total. The van der Waals surface area contributed by atoms with E-state index in [1.54, 1.807) is 10.8 Å². The summed E-state index contributed by atoms with van der Waals surface area (Å²) in [5.74, 6) is 0.884. The summed E-state index contributed by atoms with van der Waals surface area (Å²) in [6.07, 6.45) is 3.46. The largest absolute Gasteiger partial charge is 0.366 e. The number of fused-ring (bicyclic) bond motifs is 1. The predicted molar refractivity (Wildman–Crippen MR) is 51.7 cm³/mol. The summed E-state index contributed by atoms with van der Waals surface area (Å²) < 4.78 is 1.80. The van der Waals surface area contributed by atoms with Crippen molar-refractivity contribution in [2.75, 3.05) is 5.32 Å². The van der Waals surface area contributed by atoms with Crippen LogP contribution in [-0.4, -0.2) is 20.6 Å². The molecule has 0 aliphatic heterocycles.